The molecule has 2 aromatic rings. The zero-order valence-corrected chi connectivity index (χ0v) is 12.8. The predicted octanol–water partition coefficient (Wildman–Crippen LogP) is 3.78. The first kappa shape index (κ1) is 14.7. The van der Waals surface area contributed by atoms with E-state index in [2.05, 4.69) is 21.2 Å². The highest BCUT2D eigenvalue weighted by Gasteiger charge is 2.10. The number of aryl methyl sites for hydroxylation is 1. The lowest BCUT2D eigenvalue weighted by atomic mass is 10.2. The number of aromatic carboxylic acids is 1. The van der Waals surface area contributed by atoms with Gasteiger partial charge >= 0.3 is 5.97 Å². The van der Waals surface area contributed by atoms with E-state index in [1.807, 2.05) is 17.5 Å². The van der Waals surface area contributed by atoms with Crippen LogP contribution in [0.1, 0.15) is 21.7 Å². The van der Waals surface area contributed by atoms with E-state index in [0.29, 0.717) is 23.0 Å². The summed E-state index contributed by atoms with van der Waals surface area (Å²) in [6.45, 7) is 0. The van der Waals surface area contributed by atoms with Crippen LogP contribution in [0, 0.1) is 0 Å². The molecule has 20 heavy (non-hydrogen) atoms. The van der Waals surface area contributed by atoms with Crippen LogP contribution in [0.15, 0.2) is 40.2 Å². The van der Waals surface area contributed by atoms with Gasteiger partial charge in [0.2, 0.25) is 5.91 Å². The number of hydrogen-bond donors (Lipinski definition) is 2. The van der Waals surface area contributed by atoms with Gasteiger partial charge in [-0.1, -0.05) is 6.07 Å². The Bertz CT molecular complexity index is 625. The number of carboxylic acid groups (broad SMARTS) is 1. The second-order valence-electron chi connectivity index (χ2n) is 4.13. The van der Waals surface area contributed by atoms with Gasteiger partial charge in [-0.25, -0.2) is 4.79 Å². The maximum atomic E-state index is 11.8. The molecule has 1 amide bonds. The zero-order chi connectivity index (χ0) is 14.5. The van der Waals surface area contributed by atoms with E-state index in [1.54, 1.807) is 23.5 Å². The van der Waals surface area contributed by atoms with Crippen LogP contribution < -0.4 is 5.32 Å². The van der Waals surface area contributed by atoms with Crippen molar-refractivity contribution >= 4 is 44.8 Å². The Morgan fingerprint density at radius 1 is 1.30 bits per heavy atom. The smallest absolute Gasteiger partial charge is 0.336 e. The Labute approximate surface area is 128 Å². The van der Waals surface area contributed by atoms with Crippen LogP contribution in [-0.2, 0) is 11.2 Å². The van der Waals surface area contributed by atoms with Gasteiger partial charge in [-0.05, 0) is 52.0 Å². The zero-order valence-electron chi connectivity index (χ0n) is 10.4. The van der Waals surface area contributed by atoms with Gasteiger partial charge in [0.1, 0.15) is 0 Å². The topological polar surface area (TPSA) is 66.4 Å². The monoisotopic (exact) mass is 353 g/mol. The fourth-order valence-corrected chi connectivity index (χ4v) is 2.81. The summed E-state index contributed by atoms with van der Waals surface area (Å²) in [5.41, 5.74) is 0.614. The third-order valence-electron chi connectivity index (χ3n) is 2.66. The molecule has 1 aromatic carbocycles. The Hall–Kier alpha value is -1.66. The highest BCUT2D eigenvalue weighted by atomic mass is 79.9. The summed E-state index contributed by atoms with van der Waals surface area (Å²) in [5, 5.41) is 13.7. The second-order valence-corrected chi connectivity index (χ2v) is 6.01. The number of carboxylic acids is 1. The molecule has 0 radical (unpaired) electrons. The van der Waals surface area contributed by atoms with Crippen molar-refractivity contribution in [2.24, 2.45) is 0 Å². The molecule has 0 saturated heterocycles. The minimum atomic E-state index is -1.04. The lowest BCUT2D eigenvalue weighted by molar-refractivity contribution is -0.116. The van der Waals surface area contributed by atoms with Gasteiger partial charge in [0.05, 0.1) is 5.56 Å². The van der Waals surface area contributed by atoms with E-state index in [0.717, 1.165) is 4.88 Å². The molecule has 0 unspecified atom stereocenters. The van der Waals surface area contributed by atoms with E-state index in [-0.39, 0.29) is 11.5 Å². The van der Waals surface area contributed by atoms with Crippen LogP contribution in [0.25, 0.3) is 0 Å². The fraction of sp³-hybridized carbons (Fsp3) is 0.143. The Morgan fingerprint density at radius 2 is 2.10 bits per heavy atom. The molecule has 0 bridgehead atoms. The molecule has 1 heterocycles. The Kier molecular flexibility index (Phi) is 4.92. The minimum Gasteiger partial charge on any atom is -0.478 e. The first-order chi connectivity index (χ1) is 9.56. The number of rotatable bonds is 5. The average Bonchev–Trinajstić information content (AvgIpc) is 2.91. The number of carbonyl (C=O) groups excluding carboxylic acids is 1. The quantitative estimate of drug-likeness (QED) is 0.859. The molecule has 0 spiro atoms. The highest BCUT2D eigenvalue weighted by Crippen LogP contribution is 2.21. The van der Waals surface area contributed by atoms with Crippen molar-refractivity contribution in [3.8, 4) is 0 Å². The number of amides is 1. The van der Waals surface area contributed by atoms with Crippen LogP contribution in [0.2, 0.25) is 0 Å². The van der Waals surface area contributed by atoms with E-state index in [4.69, 9.17) is 5.11 Å². The van der Waals surface area contributed by atoms with Gasteiger partial charge < -0.3 is 10.4 Å². The summed E-state index contributed by atoms with van der Waals surface area (Å²) in [6, 6.07) is 8.65. The molecule has 6 heteroatoms. The molecule has 4 nitrogen and oxygen atoms in total. The van der Waals surface area contributed by atoms with Gasteiger partial charge in [0, 0.05) is 21.5 Å². The highest BCUT2D eigenvalue weighted by molar-refractivity contribution is 9.10. The SMILES string of the molecule is O=C(CCc1cccs1)Nc1ccc(Br)c(C(=O)O)c1. The average molecular weight is 354 g/mol. The number of anilines is 1. The standard InChI is InChI=1S/C14H12BrNO3S/c15-12-5-3-9(8-11(12)14(18)19)16-13(17)6-4-10-2-1-7-20-10/h1-3,5,7-8H,4,6H2,(H,16,17)(H,18,19). The number of nitrogens with one attached hydrogen (secondary N) is 1. The minimum absolute atomic E-state index is 0.126. The molecule has 2 rings (SSSR count). The molecule has 0 atom stereocenters. The molecule has 0 fully saturated rings. The van der Waals surface area contributed by atoms with Crippen molar-refractivity contribution in [1.29, 1.82) is 0 Å². The van der Waals surface area contributed by atoms with Crippen LogP contribution in [-0.4, -0.2) is 17.0 Å². The van der Waals surface area contributed by atoms with Gasteiger partial charge in [-0.3, -0.25) is 4.79 Å². The lowest BCUT2D eigenvalue weighted by Crippen LogP contribution is -2.12. The van der Waals surface area contributed by atoms with Gasteiger partial charge in [-0.15, -0.1) is 11.3 Å². The van der Waals surface area contributed by atoms with Crippen LogP contribution in [0.5, 0.6) is 0 Å². The summed E-state index contributed by atoms with van der Waals surface area (Å²) in [7, 11) is 0. The largest absolute Gasteiger partial charge is 0.478 e. The molecule has 0 saturated carbocycles. The van der Waals surface area contributed by atoms with Crippen LogP contribution in [0.4, 0.5) is 5.69 Å². The Balaban J connectivity index is 1.97. The first-order valence-electron chi connectivity index (χ1n) is 5.91. The molecule has 0 aliphatic carbocycles. The third kappa shape index (κ3) is 3.91. The molecule has 1 aromatic heterocycles. The van der Waals surface area contributed by atoms with Crippen LogP contribution >= 0.6 is 27.3 Å². The summed E-state index contributed by atoms with van der Waals surface area (Å²) in [6.07, 6.45) is 1.06. The van der Waals surface area contributed by atoms with E-state index in [1.165, 1.54) is 6.07 Å². The number of carbonyl (C=O) groups is 2. The van der Waals surface area contributed by atoms with Crippen molar-refractivity contribution in [3.63, 3.8) is 0 Å². The number of thiophene rings is 1. The maximum Gasteiger partial charge on any atom is 0.336 e. The molecule has 104 valence electrons. The summed E-state index contributed by atoms with van der Waals surface area (Å²) < 4.78 is 0.488. The molecular weight excluding hydrogens is 342 g/mol. The van der Waals surface area contributed by atoms with E-state index >= 15 is 0 Å². The van der Waals surface area contributed by atoms with E-state index in [9.17, 15) is 9.59 Å². The predicted molar refractivity (Wildman–Crippen MR) is 82.4 cm³/mol. The van der Waals surface area contributed by atoms with Crippen molar-refractivity contribution in [2.45, 2.75) is 12.8 Å². The number of halogens is 1. The number of benzene rings is 1. The molecule has 0 aliphatic rings. The number of hydrogen-bond acceptors (Lipinski definition) is 3. The maximum absolute atomic E-state index is 11.8. The fourth-order valence-electron chi connectivity index (χ4n) is 1.68. The van der Waals surface area contributed by atoms with Gasteiger partial charge in [0.25, 0.3) is 0 Å². The third-order valence-corrected chi connectivity index (χ3v) is 4.29. The first-order valence-corrected chi connectivity index (χ1v) is 7.58. The normalized spacial score (nSPS) is 10.2. The van der Waals surface area contributed by atoms with Crippen molar-refractivity contribution in [1.82, 2.24) is 0 Å². The summed E-state index contributed by atoms with van der Waals surface area (Å²) >= 11 is 4.78. The molecular formula is C14H12BrNO3S. The van der Waals surface area contributed by atoms with Crippen LogP contribution in [0.3, 0.4) is 0 Å². The summed E-state index contributed by atoms with van der Waals surface area (Å²) in [4.78, 5) is 24.0. The molecule has 0 aliphatic heterocycles. The van der Waals surface area contributed by atoms with Gasteiger partial charge in [-0.2, -0.15) is 0 Å². The summed E-state index contributed by atoms with van der Waals surface area (Å²) in [5.74, 6) is -1.16. The second kappa shape index (κ2) is 6.67. The van der Waals surface area contributed by atoms with Gasteiger partial charge in [0.15, 0.2) is 0 Å². The van der Waals surface area contributed by atoms with Crippen molar-refractivity contribution in [3.05, 3.63) is 50.6 Å². The van der Waals surface area contributed by atoms with E-state index < -0.39 is 5.97 Å². The lowest BCUT2D eigenvalue weighted by Gasteiger charge is -2.07. The van der Waals surface area contributed by atoms with Crippen molar-refractivity contribution < 1.29 is 14.7 Å². The van der Waals surface area contributed by atoms with Crippen molar-refractivity contribution in [2.75, 3.05) is 5.32 Å². The Morgan fingerprint density at radius 3 is 2.75 bits per heavy atom. The molecule has 2 N–H and O–H groups in total.